The van der Waals surface area contributed by atoms with Crippen molar-refractivity contribution >= 4 is 41.7 Å². The number of nitrogens with zero attached hydrogens (tertiary/aromatic N) is 3. The predicted octanol–water partition coefficient (Wildman–Crippen LogP) is 4.07. The lowest BCUT2D eigenvalue weighted by atomic mass is 9.74. The highest BCUT2D eigenvalue weighted by molar-refractivity contribution is 6.31. The number of halogens is 2. The van der Waals surface area contributed by atoms with Crippen molar-refractivity contribution in [2.75, 3.05) is 50.7 Å². The molecule has 3 aliphatic heterocycles. The monoisotopic (exact) mass is 532 g/mol. The van der Waals surface area contributed by atoms with E-state index in [1.807, 2.05) is 47.4 Å². The van der Waals surface area contributed by atoms with Crippen LogP contribution in [0.4, 0.5) is 10.5 Å². The van der Waals surface area contributed by atoms with Crippen molar-refractivity contribution in [3.05, 3.63) is 64.7 Å². The summed E-state index contributed by atoms with van der Waals surface area (Å²) in [6.45, 7) is 7.31. The number of anilines is 1. The highest BCUT2D eigenvalue weighted by atomic mass is 35.5. The predicted molar refractivity (Wildman–Crippen MR) is 144 cm³/mol. The number of carbonyl (C=O) groups excluding carboxylic acids is 2. The molecule has 3 aliphatic rings. The van der Waals surface area contributed by atoms with Gasteiger partial charge in [0.1, 0.15) is 6.61 Å². The molecule has 7 nitrogen and oxygen atoms in total. The number of hydrogen-bond donors (Lipinski definition) is 1. The Morgan fingerprint density at radius 1 is 1.11 bits per heavy atom. The highest BCUT2D eigenvalue weighted by Crippen LogP contribution is 2.48. The van der Waals surface area contributed by atoms with Crippen molar-refractivity contribution in [1.29, 1.82) is 0 Å². The molecule has 194 valence electrons. The van der Waals surface area contributed by atoms with E-state index in [2.05, 4.69) is 23.2 Å². The Morgan fingerprint density at radius 2 is 1.86 bits per heavy atom. The number of piperazine rings is 1. The van der Waals surface area contributed by atoms with Crippen LogP contribution in [0.3, 0.4) is 0 Å². The summed E-state index contributed by atoms with van der Waals surface area (Å²) in [4.78, 5) is 32.1. The number of amides is 2. The van der Waals surface area contributed by atoms with Crippen LogP contribution < -0.4 is 10.2 Å². The molecular weight excluding hydrogens is 499 g/mol. The van der Waals surface area contributed by atoms with Crippen LogP contribution in [-0.2, 0) is 21.6 Å². The zero-order valence-corrected chi connectivity index (χ0v) is 22.2. The van der Waals surface area contributed by atoms with Crippen LogP contribution in [0.5, 0.6) is 0 Å². The third-order valence-electron chi connectivity index (χ3n) is 7.58. The Morgan fingerprint density at radius 3 is 2.58 bits per heavy atom. The first kappa shape index (κ1) is 26.7. The Labute approximate surface area is 224 Å². The summed E-state index contributed by atoms with van der Waals surface area (Å²) in [7, 11) is 0. The molecule has 5 rings (SSSR count). The number of rotatable bonds is 4. The van der Waals surface area contributed by atoms with Crippen LogP contribution in [0.1, 0.15) is 30.9 Å². The van der Waals surface area contributed by atoms with E-state index in [0.717, 1.165) is 43.7 Å². The average Bonchev–Trinajstić information content (AvgIpc) is 3.16. The summed E-state index contributed by atoms with van der Waals surface area (Å²) in [5, 5.41) is 4.06. The maximum atomic E-state index is 13.4. The summed E-state index contributed by atoms with van der Waals surface area (Å²) in [5.74, 6) is 0.115. The van der Waals surface area contributed by atoms with E-state index in [9.17, 15) is 9.59 Å². The van der Waals surface area contributed by atoms with Crippen molar-refractivity contribution in [1.82, 2.24) is 15.1 Å². The topological polar surface area (TPSA) is 65.1 Å². The van der Waals surface area contributed by atoms with E-state index >= 15 is 0 Å². The van der Waals surface area contributed by atoms with Crippen LogP contribution in [-0.4, -0.2) is 73.7 Å². The molecule has 0 bridgehead atoms. The third kappa shape index (κ3) is 5.65. The number of hydrogen-bond acceptors (Lipinski definition) is 5. The second-order valence-electron chi connectivity index (χ2n) is 10.0. The van der Waals surface area contributed by atoms with Crippen LogP contribution >= 0.6 is 24.0 Å². The van der Waals surface area contributed by atoms with Gasteiger partial charge in [0.05, 0.1) is 6.54 Å². The third-order valence-corrected chi connectivity index (χ3v) is 7.81. The Balaban J connectivity index is 0.00000304. The van der Waals surface area contributed by atoms with Gasteiger partial charge in [0.2, 0.25) is 5.91 Å². The van der Waals surface area contributed by atoms with Gasteiger partial charge in [0.25, 0.3) is 0 Å². The number of fused-ring (bicyclic) bond motifs is 2. The molecule has 0 unspecified atom stereocenters. The summed E-state index contributed by atoms with van der Waals surface area (Å²) in [6, 6.07) is 16.0. The molecular formula is C27H34Cl2N4O3. The van der Waals surface area contributed by atoms with E-state index < -0.39 is 0 Å². The Hall–Kier alpha value is -2.32. The quantitative estimate of drug-likeness (QED) is 0.642. The molecule has 2 saturated heterocycles. The van der Waals surface area contributed by atoms with Gasteiger partial charge in [-0.1, -0.05) is 48.0 Å². The minimum Gasteiger partial charge on any atom is -0.445 e. The van der Waals surface area contributed by atoms with E-state index in [1.165, 1.54) is 5.56 Å². The smallest absolute Gasteiger partial charge is 0.410 e. The van der Waals surface area contributed by atoms with Gasteiger partial charge in [-0.2, -0.15) is 0 Å². The second kappa shape index (κ2) is 11.4. The van der Waals surface area contributed by atoms with Gasteiger partial charge in [-0.3, -0.25) is 9.69 Å². The fourth-order valence-electron chi connectivity index (χ4n) is 5.66. The van der Waals surface area contributed by atoms with Gasteiger partial charge >= 0.3 is 6.09 Å². The largest absolute Gasteiger partial charge is 0.445 e. The minimum absolute atomic E-state index is 0. The minimum atomic E-state index is -0.279. The van der Waals surface area contributed by atoms with E-state index in [0.29, 0.717) is 37.2 Å². The lowest BCUT2D eigenvalue weighted by molar-refractivity contribution is -0.120. The number of ether oxygens (including phenoxy) is 1. The second-order valence-corrected chi connectivity index (χ2v) is 10.5. The summed E-state index contributed by atoms with van der Waals surface area (Å²) < 4.78 is 5.55. The zero-order valence-electron chi connectivity index (χ0n) is 20.6. The number of likely N-dealkylation sites (tertiary alicyclic amines) is 1. The molecule has 2 aromatic rings. The number of benzene rings is 2. The molecule has 0 aliphatic carbocycles. The maximum Gasteiger partial charge on any atom is 0.410 e. The van der Waals surface area contributed by atoms with Gasteiger partial charge < -0.3 is 19.9 Å². The molecule has 2 aromatic carbocycles. The molecule has 36 heavy (non-hydrogen) atoms. The van der Waals surface area contributed by atoms with Crippen LogP contribution in [0, 0.1) is 0 Å². The van der Waals surface area contributed by atoms with Crippen molar-refractivity contribution in [2.24, 2.45) is 0 Å². The molecule has 2 amide bonds. The standard InChI is InChI=1S/C27H33ClN4O3.ClH/c1-20-16-30(14-11-29-20)17-25(33)32-19-27(23-8-7-22(28)15-24(23)32)9-12-31(13-10-27)26(34)35-18-21-5-3-2-4-6-21;/h2-8,15,20,29H,9-14,16-19H2,1H3;1H/t20-;/m1./s1. The molecule has 1 spiro atoms. The van der Waals surface area contributed by atoms with Gasteiger partial charge in [0.15, 0.2) is 0 Å². The fourth-order valence-corrected chi connectivity index (χ4v) is 5.83. The number of carbonyl (C=O) groups is 2. The lowest BCUT2D eigenvalue weighted by Gasteiger charge is -2.39. The first-order valence-corrected chi connectivity index (χ1v) is 12.8. The average molecular weight is 534 g/mol. The van der Waals surface area contributed by atoms with E-state index in [4.69, 9.17) is 16.3 Å². The lowest BCUT2D eigenvalue weighted by Crippen LogP contribution is -2.53. The van der Waals surface area contributed by atoms with Crippen molar-refractivity contribution in [2.45, 2.75) is 37.8 Å². The van der Waals surface area contributed by atoms with Crippen molar-refractivity contribution < 1.29 is 14.3 Å². The normalized spacial score (nSPS) is 21.1. The molecule has 0 saturated carbocycles. The zero-order chi connectivity index (χ0) is 24.4. The number of piperidine rings is 1. The SMILES string of the molecule is C[C@@H]1CN(CC(=O)N2CC3(CCN(C(=O)OCc4ccccc4)CC3)c3ccc(Cl)cc32)CCN1.Cl. The first-order chi connectivity index (χ1) is 16.9. The van der Waals surface area contributed by atoms with Crippen LogP contribution in [0.2, 0.25) is 5.02 Å². The van der Waals surface area contributed by atoms with Gasteiger partial charge in [-0.15, -0.1) is 12.4 Å². The fraction of sp³-hybridized carbons (Fsp3) is 0.481. The summed E-state index contributed by atoms with van der Waals surface area (Å²) in [6.07, 6.45) is 1.30. The van der Waals surface area contributed by atoms with Crippen LogP contribution in [0.25, 0.3) is 0 Å². The van der Waals surface area contributed by atoms with E-state index in [1.54, 1.807) is 4.90 Å². The molecule has 0 radical (unpaired) electrons. The summed E-state index contributed by atoms with van der Waals surface area (Å²) in [5.41, 5.74) is 2.90. The molecule has 3 heterocycles. The number of nitrogens with one attached hydrogen (secondary N) is 1. The van der Waals surface area contributed by atoms with E-state index in [-0.39, 0.29) is 36.4 Å². The van der Waals surface area contributed by atoms with Crippen molar-refractivity contribution in [3.8, 4) is 0 Å². The Bertz CT molecular complexity index is 1080. The summed E-state index contributed by atoms with van der Waals surface area (Å²) >= 11 is 6.36. The van der Waals surface area contributed by atoms with Crippen LogP contribution in [0.15, 0.2) is 48.5 Å². The maximum absolute atomic E-state index is 13.4. The van der Waals surface area contributed by atoms with Gasteiger partial charge in [-0.25, -0.2) is 4.79 Å². The molecule has 1 N–H and O–H groups in total. The molecule has 9 heteroatoms. The molecule has 0 aromatic heterocycles. The highest BCUT2D eigenvalue weighted by Gasteiger charge is 2.47. The van der Waals surface area contributed by atoms with Crippen molar-refractivity contribution in [3.63, 3.8) is 0 Å². The Kier molecular flexibility index (Phi) is 8.45. The molecule has 1 atom stereocenters. The van der Waals surface area contributed by atoms with Gasteiger partial charge in [0, 0.05) is 61.4 Å². The molecule has 2 fully saturated rings. The first-order valence-electron chi connectivity index (χ1n) is 12.5. The van der Waals surface area contributed by atoms with Gasteiger partial charge in [-0.05, 0) is 43.0 Å².